The normalized spacial score (nSPS) is 17.6. The lowest BCUT2D eigenvalue weighted by Crippen LogP contribution is -2.52. The third-order valence-corrected chi connectivity index (χ3v) is 6.32. The van der Waals surface area contributed by atoms with Crippen molar-refractivity contribution in [2.75, 3.05) is 40.0 Å². The number of piperazine rings is 1. The average molecular weight is 429 g/mol. The minimum atomic E-state index is 0.179. The Morgan fingerprint density at radius 3 is 2.55 bits per heavy atom. The Balaban J connectivity index is 1.68. The van der Waals surface area contributed by atoms with Crippen LogP contribution in [0.5, 0.6) is 17.2 Å². The van der Waals surface area contributed by atoms with Crippen molar-refractivity contribution in [2.45, 2.75) is 46.3 Å². The van der Waals surface area contributed by atoms with Crippen molar-refractivity contribution in [1.29, 1.82) is 0 Å². The summed E-state index contributed by atoms with van der Waals surface area (Å²) < 4.78 is 11.0. The summed E-state index contributed by atoms with van der Waals surface area (Å²) in [7, 11) is 1.71. The molecule has 1 saturated heterocycles. The first-order chi connectivity index (χ1) is 15.0. The number of hydrogen-bond donors (Lipinski definition) is 2. The molecule has 1 aliphatic heterocycles. The fourth-order valence-electron chi connectivity index (χ4n) is 4.38. The van der Waals surface area contributed by atoms with Gasteiger partial charge in [-0.1, -0.05) is 12.1 Å². The lowest BCUT2D eigenvalue weighted by Gasteiger charge is -2.42. The Bertz CT molecular complexity index is 871. The highest BCUT2D eigenvalue weighted by Gasteiger charge is 2.27. The molecule has 1 aliphatic rings. The van der Waals surface area contributed by atoms with Crippen molar-refractivity contribution < 1.29 is 19.7 Å². The zero-order valence-corrected chi connectivity index (χ0v) is 19.2. The van der Waals surface area contributed by atoms with Gasteiger partial charge in [-0.25, -0.2) is 0 Å². The van der Waals surface area contributed by atoms with Crippen molar-refractivity contribution in [3.63, 3.8) is 0 Å². The van der Waals surface area contributed by atoms with E-state index in [9.17, 15) is 10.2 Å². The van der Waals surface area contributed by atoms with Crippen LogP contribution in [0.4, 0.5) is 0 Å². The lowest BCUT2D eigenvalue weighted by molar-refractivity contribution is 0.0498. The first kappa shape index (κ1) is 23.4. The second kappa shape index (κ2) is 10.8. The molecule has 1 fully saturated rings. The van der Waals surface area contributed by atoms with Gasteiger partial charge in [0.15, 0.2) is 11.5 Å². The predicted octanol–water partition coefficient (Wildman–Crippen LogP) is 3.49. The molecule has 0 radical (unpaired) electrons. The molecule has 0 aromatic heterocycles. The van der Waals surface area contributed by atoms with Gasteiger partial charge in [0.25, 0.3) is 0 Å². The molecule has 0 aliphatic carbocycles. The highest BCUT2D eigenvalue weighted by molar-refractivity contribution is 5.44. The average Bonchev–Trinajstić information content (AvgIpc) is 2.76. The molecule has 3 rings (SSSR count). The number of phenols is 1. The number of rotatable bonds is 9. The molecule has 6 nitrogen and oxygen atoms in total. The first-order valence-electron chi connectivity index (χ1n) is 11.1. The van der Waals surface area contributed by atoms with Crippen molar-refractivity contribution in [1.82, 2.24) is 9.80 Å². The standard InChI is InChI=1S/C25H36N2O4/c1-5-31-25-14-20(6-8-23(25)29)15-26-11-12-27(22(17-26)10-13-28)16-21-7-9-24(30-4)19(3)18(21)2/h6-9,14,22,28-29H,5,10-13,15-17H2,1-4H3/t22-/m0/s1. The zero-order valence-electron chi connectivity index (χ0n) is 19.2. The van der Waals surface area contributed by atoms with Gasteiger partial charge in [-0.15, -0.1) is 0 Å². The second-order valence-electron chi connectivity index (χ2n) is 8.28. The summed E-state index contributed by atoms with van der Waals surface area (Å²) in [5.74, 6) is 1.65. The summed E-state index contributed by atoms with van der Waals surface area (Å²) in [6.45, 7) is 11.4. The van der Waals surface area contributed by atoms with Crippen molar-refractivity contribution in [3.05, 3.63) is 52.6 Å². The topological polar surface area (TPSA) is 65.4 Å². The Kier molecular flexibility index (Phi) is 8.18. The van der Waals surface area contributed by atoms with Crippen LogP contribution in [0.25, 0.3) is 0 Å². The number of nitrogens with zero attached hydrogens (tertiary/aromatic N) is 2. The summed E-state index contributed by atoms with van der Waals surface area (Å²) in [4.78, 5) is 4.91. The minimum Gasteiger partial charge on any atom is -0.504 e. The van der Waals surface area contributed by atoms with Crippen LogP contribution in [0.2, 0.25) is 0 Å². The molecule has 2 N–H and O–H groups in total. The van der Waals surface area contributed by atoms with Crippen molar-refractivity contribution >= 4 is 0 Å². The van der Waals surface area contributed by atoms with Crippen LogP contribution in [-0.2, 0) is 13.1 Å². The molecule has 0 amide bonds. The van der Waals surface area contributed by atoms with Crippen molar-refractivity contribution in [2.24, 2.45) is 0 Å². The van der Waals surface area contributed by atoms with Crippen LogP contribution in [0, 0.1) is 13.8 Å². The molecule has 6 heteroatoms. The van der Waals surface area contributed by atoms with Gasteiger partial charge in [0.05, 0.1) is 13.7 Å². The van der Waals surface area contributed by atoms with Gasteiger partial charge in [-0.05, 0) is 67.6 Å². The first-order valence-corrected chi connectivity index (χ1v) is 11.1. The highest BCUT2D eigenvalue weighted by atomic mass is 16.5. The summed E-state index contributed by atoms with van der Waals surface area (Å²) in [6, 6.07) is 10.1. The molecule has 0 bridgehead atoms. The van der Waals surface area contributed by atoms with E-state index in [1.54, 1.807) is 13.2 Å². The maximum Gasteiger partial charge on any atom is 0.161 e. The van der Waals surface area contributed by atoms with Gasteiger partial charge in [-0.3, -0.25) is 9.80 Å². The summed E-state index contributed by atoms with van der Waals surface area (Å²) in [6.07, 6.45) is 0.754. The maximum atomic E-state index is 9.95. The van der Waals surface area contributed by atoms with Crippen LogP contribution in [0.1, 0.15) is 35.6 Å². The van der Waals surface area contributed by atoms with E-state index >= 15 is 0 Å². The molecule has 1 atom stereocenters. The number of methoxy groups -OCH3 is 1. The molecule has 0 unspecified atom stereocenters. The lowest BCUT2D eigenvalue weighted by atomic mass is 10.00. The third-order valence-electron chi connectivity index (χ3n) is 6.32. The predicted molar refractivity (Wildman–Crippen MR) is 123 cm³/mol. The van der Waals surface area contributed by atoms with Crippen LogP contribution < -0.4 is 9.47 Å². The smallest absolute Gasteiger partial charge is 0.161 e. The Morgan fingerprint density at radius 2 is 1.84 bits per heavy atom. The molecule has 2 aromatic rings. The van der Waals surface area contributed by atoms with Gasteiger partial charge in [0, 0.05) is 45.4 Å². The van der Waals surface area contributed by atoms with E-state index < -0.39 is 0 Å². The molecule has 170 valence electrons. The number of hydrogen-bond acceptors (Lipinski definition) is 6. The molecular formula is C25H36N2O4. The fraction of sp³-hybridized carbons (Fsp3) is 0.520. The molecule has 0 saturated carbocycles. The van der Waals surface area contributed by atoms with E-state index in [2.05, 4.69) is 35.8 Å². The number of aliphatic hydroxyl groups is 1. The van der Waals surface area contributed by atoms with Crippen LogP contribution >= 0.6 is 0 Å². The number of ether oxygens (including phenoxy) is 2. The third kappa shape index (κ3) is 5.70. The zero-order chi connectivity index (χ0) is 22.4. The molecule has 31 heavy (non-hydrogen) atoms. The molecule has 2 aromatic carbocycles. The van der Waals surface area contributed by atoms with Gasteiger partial charge >= 0.3 is 0 Å². The molecule has 0 spiro atoms. The summed E-state index contributed by atoms with van der Waals surface area (Å²) in [5.41, 5.74) is 4.90. The number of phenolic OH excluding ortho intramolecular Hbond substituents is 1. The van der Waals surface area contributed by atoms with E-state index in [1.165, 1.54) is 16.7 Å². The van der Waals surface area contributed by atoms with E-state index in [4.69, 9.17) is 9.47 Å². The second-order valence-corrected chi connectivity index (χ2v) is 8.28. The number of aliphatic hydroxyl groups excluding tert-OH is 1. The highest BCUT2D eigenvalue weighted by Crippen LogP contribution is 2.29. The Labute approximate surface area is 186 Å². The minimum absolute atomic E-state index is 0.179. The van der Waals surface area contributed by atoms with Gasteiger partial charge in [-0.2, -0.15) is 0 Å². The van der Waals surface area contributed by atoms with Crippen molar-refractivity contribution in [3.8, 4) is 17.2 Å². The molecular weight excluding hydrogens is 392 g/mol. The monoisotopic (exact) mass is 428 g/mol. The van der Waals surface area contributed by atoms with E-state index in [1.807, 2.05) is 19.1 Å². The maximum absolute atomic E-state index is 9.95. The summed E-state index contributed by atoms with van der Waals surface area (Å²) >= 11 is 0. The summed E-state index contributed by atoms with van der Waals surface area (Å²) in [5, 5.41) is 19.6. The van der Waals surface area contributed by atoms with Gasteiger partial charge < -0.3 is 19.7 Å². The largest absolute Gasteiger partial charge is 0.504 e. The number of aromatic hydroxyl groups is 1. The van der Waals surface area contributed by atoms with E-state index in [0.29, 0.717) is 18.4 Å². The van der Waals surface area contributed by atoms with Crippen LogP contribution in [0.3, 0.4) is 0 Å². The molecule has 1 heterocycles. The van der Waals surface area contributed by atoms with E-state index in [-0.39, 0.29) is 12.4 Å². The Hall–Kier alpha value is -2.28. The quantitative estimate of drug-likeness (QED) is 0.638. The van der Waals surface area contributed by atoms with E-state index in [0.717, 1.165) is 50.5 Å². The van der Waals surface area contributed by atoms with Crippen LogP contribution in [0.15, 0.2) is 30.3 Å². The van der Waals surface area contributed by atoms with Gasteiger partial charge in [0.1, 0.15) is 5.75 Å². The van der Waals surface area contributed by atoms with Gasteiger partial charge in [0.2, 0.25) is 0 Å². The van der Waals surface area contributed by atoms with Crippen LogP contribution in [-0.4, -0.2) is 66.0 Å². The SMILES string of the molecule is CCOc1cc(CN2CCN(Cc3ccc(OC)c(C)c3C)[C@@H](CCO)C2)ccc1O. The number of benzene rings is 2. The Morgan fingerprint density at radius 1 is 1.03 bits per heavy atom. The fourth-order valence-corrected chi connectivity index (χ4v) is 4.38.